The molecule has 0 unspecified atom stereocenters. The van der Waals surface area contributed by atoms with E-state index >= 15 is 0 Å². The number of rotatable bonds is 4. The van der Waals surface area contributed by atoms with Crippen LogP contribution in [0.2, 0.25) is 0 Å². The van der Waals surface area contributed by atoms with Crippen molar-refractivity contribution in [3.8, 4) is 0 Å². The van der Waals surface area contributed by atoms with Crippen LogP contribution in [0, 0.1) is 11.3 Å². The summed E-state index contributed by atoms with van der Waals surface area (Å²) in [5.74, 6) is 0.323. The van der Waals surface area contributed by atoms with Crippen LogP contribution in [-0.4, -0.2) is 45.0 Å². The van der Waals surface area contributed by atoms with Gasteiger partial charge in [-0.05, 0) is 44.4 Å². The molecule has 2 aliphatic rings. The van der Waals surface area contributed by atoms with Crippen LogP contribution in [0.25, 0.3) is 0 Å². The van der Waals surface area contributed by atoms with Crippen LogP contribution < -0.4 is 10.6 Å². The minimum absolute atomic E-state index is 0.0652. The number of carbonyl (C=O) groups excluding carboxylic acids is 3. The van der Waals surface area contributed by atoms with Crippen LogP contribution in [0.4, 0.5) is 4.79 Å². The molecular formula is C22H35N5O4. The van der Waals surface area contributed by atoms with Crippen LogP contribution in [0.5, 0.6) is 0 Å². The monoisotopic (exact) mass is 433 g/mol. The minimum Gasteiger partial charge on any atom is -0.342 e. The number of carbonyl (C=O) groups is 3. The number of hydrogen-bond acceptors (Lipinski definition) is 6. The molecule has 9 heteroatoms. The fraction of sp³-hybridized carbons (Fsp3) is 0.773. The first-order valence-corrected chi connectivity index (χ1v) is 10.8. The zero-order chi connectivity index (χ0) is 23.4. The van der Waals surface area contributed by atoms with Gasteiger partial charge in [0.05, 0.1) is 5.54 Å². The summed E-state index contributed by atoms with van der Waals surface area (Å²) < 4.78 is 5.33. The maximum atomic E-state index is 13.2. The third kappa shape index (κ3) is 4.60. The Balaban J connectivity index is 1.71. The third-order valence-electron chi connectivity index (χ3n) is 6.00. The highest BCUT2D eigenvalue weighted by Gasteiger charge is 2.56. The van der Waals surface area contributed by atoms with E-state index in [2.05, 4.69) is 41.5 Å². The van der Waals surface area contributed by atoms with Crippen molar-refractivity contribution in [1.82, 2.24) is 25.7 Å². The van der Waals surface area contributed by atoms with E-state index in [1.165, 1.54) is 0 Å². The zero-order valence-corrected chi connectivity index (χ0v) is 19.9. The van der Waals surface area contributed by atoms with E-state index in [4.69, 9.17) is 4.52 Å². The summed E-state index contributed by atoms with van der Waals surface area (Å²) in [5, 5.41) is 9.72. The Morgan fingerprint density at radius 3 is 2.42 bits per heavy atom. The predicted octanol–water partition coefficient (Wildman–Crippen LogP) is 2.86. The smallest absolute Gasteiger partial charge is 0.325 e. The number of urea groups is 1. The van der Waals surface area contributed by atoms with Gasteiger partial charge in [0, 0.05) is 5.41 Å². The first-order chi connectivity index (χ1) is 14.0. The van der Waals surface area contributed by atoms with Crippen molar-refractivity contribution in [2.45, 2.75) is 91.1 Å². The third-order valence-corrected chi connectivity index (χ3v) is 6.00. The van der Waals surface area contributed by atoms with Crippen LogP contribution in [0.1, 0.15) is 86.4 Å². The van der Waals surface area contributed by atoms with Crippen molar-refractivity contribution in [2.24, 2.45) is 11.3 Å². The average Bonchev–Trinajstić information content (AvgIpc) is 3.14. The van der Waals surface area contributed by atoms with Gasteiger partial charge < -0.3 is 15.2 Å². The Hall–Kier alpha value is -2.45. The summed E-state index contributed by atoms with van der Waals surface area (Å²) in [6.45, 7) is 15.3. The summed E-state index contributed by atoms with van der Waals surface area (Å²) in [6.07, 6.45) is 2.15. The molecule has 1 saturated carbocycles. The lowest BCUT2D eigenvalue weighted by atomic mass is 9.64. The van der Waals surface area contributed by atoms with Crippen molar-refractivity contribution in [1.29, 1.82) is 0 Å². The van der Waals surface area contributed by atoms with Crippen LogP contribution >= 0.6 is 0 Å². The Bertz CT molecular complexity index is 898. The van der Waals surface area contributed by atoms with Gasteiger partial charge in [0.2, 0.25) is 11.8 Å². The van der Waals surface area contributed by atoms with Crippen LogP contribution in [0.3, 0.4) is 0 Å². The first kappa shape index (κ1) is 23.2. The van der Waals surface area contributed by atoms with E-state index in [0.717, 1.165) is 11.3 Å². The lowest BCUT2D eigenvalue weighted by Crippen LogP contribution is -2.54. The molecule has 1 aromatic heterocycles. The Morgan fingerprint density at radius 1 is 1.23 bits per heavy atom. The average molecular weight is 434 g/mol. The van der Waals surface area contributed by atoms with Crippen molar-refractivity contribution in [2.75, 3.05) is 6.54 Å². The van der Waals surface area contributed by atoms with Crippen molar-refractivity contribution >= 4 is 17.8 Å². The van der Waals surface area contributed by atoms with Crippen LogP contribution in [0.15, 0.2) is 4.52 Å². The summed E-state index contributed by atoms with van der Waals surface area (Å²) >= 11 is 0. The fourth-order valence-corrected chi connectivity index (χ4v) is 5.02. The highest BCUT2D eigenvalue weighted by Crippen LogP contribution is 2.46. The molecule has 1 aliphatic carbocycles. The second-order valence-electron chi connectivity index (χ2n) is 11.6. The van der Waals surface area contributed by atoms with Crippen LogP contribution in [-0.2, 0) is 20.5 Å². The Kier molecular flexibility index (Phi) is 5.47. The Morgan fingerprint density at radius 2 is 1.87 bits per heavy atom. The molecule has 1 aromatic rings. The second-order valence-corrected chi connectivity index (χ2v) is 11.6. The molecule has 0 radical (unpaired) electrons. The molecule has 3 rings (SSSR count). The maximum Gasteiger partial charge on any atom is 0.325 e. The number of aromatic nitrogens is 2. The van der Waals surface area contributed by atoms with Gasteiger partial charge in [0.1, 0.15) is 12.1 Å². The number of nitrogens with one attached hydrogen (secondary N) is 2. The molecule has 1 spiro atoms. The molecule has 31 heavy (non-hydrogen) atoms. The quantitative estimate of drug-likeness (QED) is 0.705. The van der Waals surface area contributed by atoms with E-state index in [1.807, 2.05) is 20.8 Å². The highest BCUT2D eigenvalue weighted by molar-refractivity contribution is 6.09. The zero-order valence-electron chi connectivity index (χ0n) is 19.9. The van der Waals surface area contributed by atoms with E-state index in [-0.39, 0.29) is 23.3 Å². The van der Waals surface area contributed by atoms with Crippen molar-refractivity contribution in [3.05, 3.63) is 11.7 Å². The SMILES string of the molecule is C[C@@H]1CC(C)(C)C[C@@]2(C1)NC(=O)N(CC(=O)NC(C)(C)c1noc(C(C)(C)C)n1)C2=O. The molecule has 1 aliphatic heterocycles. The van der Waals surface area contributed by atoms with Gasteiger partial charge in [-0.1, -0.05) is 46.7 Å². The van der Waals surface area contributed by atoms with Crippen molar-refractivity contribution in [3.63, 3.8) is 0 Å². The highest BCUT2D eigenvalue weighted by atomic mass is 16.5. The summed E-state index contributed by atoms with van der Waals surface area (Å²) in [7, 11) is 0. The molecule has 2 N–H and O–H groups in total. The van der Waals surface area contributed by atoms with Crippen molar-refractivity contribution < 1.29 is 18.9 Å². The molecular weight excluding hydrogens is 398 g/mol. The van der Waals surface area contributed by atoms with Gasteiger partial charge in [0.25, 0.3) is 5.91 Å². The predicted molar refractivity (Wildman–Crippen MR) is 114 cm³/mol. The molecule has 2 heterocycles. The minimum atomic E-state index is -0.928. The molecule has 1 saturated heterocycles. The standard InChI is InChI=1S/C22H35N5O4/c1-13-9-20(5,6)12-22(10-13)17(29)27(18(30)25-22)11-14(28)24-21(7,8)15-23-16(31-26-15)19(2,3)4/h13H,9-12H2,1-8H3,(H,24,28)(H,25,30)/t13-,22-/m1/s1. The number of hydrogen-bond donors (Lipinski definition) is 2. The fourth-order valence-electron chi connectivity index (χ4n) is 5.02. The lowest BCUT2D eigenvalue weighted by molar-refractivity contribution is -0.138. The van der Waals surface area contributed by atoms with E-state index in [1.54, 1.807) is 13.8 Å². The summed E-state index contributed by atoms with van der Waals surface area (Å²) in [5.41, 5.74) is -2.24. The number of nitrogens with zero attached hydrogens (tertiary/aromatic N) is 3. The van der Waals surface area contributed by atoms with Gasteiger partial charge in [-0.2, -0.15) is 4.98 Å². The molecule has 9 nitrogen and oxygen atoms in total. The van der Waals surface area contributed by atoms with E-state index in [0.29, 0.717) is 30.5 Å². The summed E-state index contributed by atoms with van der Waals surface area (Å²) in [4.78, 5) is 44.1. The first-order valence-electron chi connectivity index (χ1n) is 10.8. The van der Waals surface area contributed by atoms with E-state index < -0.39 is 23.0 Å². The van der Waals surface area contributed by atoms with Gasteiger partial charge in [-0.15, -0.1) is 0 Å². The van der Waals surface area contributed by atoms with Gasteiger partial charge in [-0.3, -0.25) is 14.5 Å². The van der Waals surface area contributed by atoms with Gasteiger partial charge in [-0.25, -0.2) is 4.79 Å². The molecule has 0 aromatic carbocycles. The van der Waals surface area contributed by atoms with Gasteiger partial charge in [0.15, 0.2) is 5.82 Å². The molecule has 0 bridgehead atoms. The molecule has 4 amide bonds. The second kappa shape index (κ2) is 7.31. The maximum absolute atomic E-state index is 13.2. The molecule has 172 valence electrons. The molecule has 2 atom stereocenters. The lowest BCUT2D eigenvalue weighted by Gasteiger charge is -2.43. The topological polar surface area (TPSA) is 117 Å². The molecule has 2 fully saturated rings. The normalized spacial score (nSPS) is 26.3. The largest absolute Gasteiger partial charge is 0.342 e. The number of amides is 4. The van der Waals surface area contributed by atoms with Gasteiger partial charge >= 0.3 is 6.03 Å². The van der Waals surface area contributed by atoms with E-state index in [9.17, 15) is 14.4 Å². The number of imide groups is 1. The Labute approximate surface area is 183 Å². The summed E-state index contributed by atoms with van der Waals surface area (Å²) in [6, 6.07) is -0.516.